The first-order valence-electron chi connectivity index (χ1n) is 4.42. The van der Waals surface area contributed by atoms with E-state index in [-0.39, 0.29) is 0 Å². The fourth-order valence-corrected chi connectivity index (χ4v) is 1.39. The molecule has 5 heteroatoms. The molecule has 78 valence electrons. The van der Waals surface area contributed by atoms with Gasteiger partial charge in [-0.1, -0.05) is 0 Å². The molecule has 0 saturated heterocycles. The summed E-state index contributed by atoms with van der Waals surface area (Å²) in [6.07, 6.45) is 4.93. The monoisotopic (exact) mass is 205 g/mol. The first kappa shape index (κ1) is 9.51. The molecule has 15 heavy (non-hydrogen) atoms. The van der Waals surface area contributed by atoms with Crippen molar-refractivity contribution < 1.29 is 9.47 Å². The first-order valence-corrected chi connectivity index (χ1v) is 4.42. The third-order valence-electron chi connectivity index (χ3n) is 2.06. The van der Waals surface area contributed by atoms with Gasteiger partial charge in [0.1, 0.15) is 11.3 Å². The first-order chi connectivity index (χ1) is 7.36. The van der Waals surface area contributed by atoms with Gasteiger partial charge in [-0.25, -0.2) is 9.97 Å². The Hall–Kier alpha value is -2.04. The molecule has 0 saturated carbocycles. The van der Waals surface area contributed by atoms with Crippen molar-refractivity contribution in [3.63, 3.8) is 0 Å². The minimum absolute atomic E-state index is 0.513. The minimum atomic E-state index is 0.513. The van der Waals surface area contributed by atoms with Crippen LogP contribution in [-0.4, -0.2) is 29.2 Å². The van der Waals surface area contributed by atoms with Crippen LogP contribution in [0, 0.1) is 0 Å². The summed E-state index contributed by atoms with van der Waals surface area (Å²) in [6.45, 7) is 0. The van der Waals surface area contributed by atoms with Crippen molar-refractivity contribution in [3.05, 3.63) is 24.8 Å². The fourth-order valence-electron chi connectivity index (χ4n) is 1.39. The summed E-state index contributed by atoms with van der Waals surface area (Å²) >= 11 is 0. The Bertz CT molecular complexity index is 418. The van der Waals surface area contributed by atoms with Gasteiger partial charge >= 0.3 is 0 Å². The molecule has 0 unspecified atom stereocenters. The Labute approximate surface area is 87.1 Å². The summed E-state index contributed by atoms with van der Waals surface area (Å²) in [6, 6.07) is 1.78. The molecule has 0 aliphatic rings. The van der Waals surface area contributed by atoms with Crippen LogP contribution in [0.15, 0.2) is 24.8 Å². The molecular weight excluding hydrogens is 194 g/mol. The average Bonchev–Trinajstić information content (AvgIpc) is 2.81. The maximum Gasteiger partial charge on any atom is 0.226 e. The smallest absolute Gasteiger partial charge is 0.226 e. The zero-order valence-electron chi connectivity index (χ0n) is 8.52. The van der Waals surface area contributed by atoms with Gasteiger partial charge < -0.3 is 14.5 Å². The lowest BCUT2D eigenvalue weighted by molar-refractivity contribution is 0.385. The second kappa shape index (κ2) is 4.00. The third kappa shape index (κ3) is 1.63. The van der Waals surface area contributed by atoms with E-state index in [0.717, 1.165) is 11.3 Å². The molecule has 0 bridgehead atoms. The van der Waals surface area contributed by atoms with Gasteiger partial charge in [-0.2, -0.15) is 0 Å². The van der Waals surface area contributed by atoms with Crippen LogP contribution in [0.4, 0.5) is 0 Å². The number of ether oxygens (including phenoxy) is 2. The molecule has 2 rings (SSSR count). The number of pyridine rings is 1. The van der Waals surface area contributed by atoms with Gasteiger partial charge in [0.25, 0.3) is 0 Å². The highest BCUT2D eigenvalue weighted by molar-refractivity contribution is 5.71. The third-order valence-corrected chi connectivity index (χ3v) is 2.06. The molecule has 0 spiro atoms. The number of hydrogen-bond donors (Lipinski definition) is 1. The Kier molecular flexibility index (Phi) is 2.53. The Morgan fingerprint density at radius 3 is 2.73 bits per heavy atom. The second-order valence-electron chi connectivity index (χ2n) is 2.86. The zero-order chi connectivity index (χ0) is 10.7. The predicted molar refractivity (Wildman–Crippen MR) is 54.9 cm³/mol. The fraction of sp³-hybridized carbons (Fsp3) is 0.200. The van der Waals surface area contributed by atoms with Gasteiger partial charge in [-0.3, -0.25) is 0 Å². The number of nitrogens with zero attached hydrogens (tertiary/aromatic N) is 2. The molecule has 0 atom stereocenters. The number of aromatic amines is 1. The highest BCUT2D eigenvalue weighted by atomic mass is 16.5. The number of rotatable bonds is 3. The lowest BCUT2D eigenvalue weighted by Crippen LogP contribution is -1.95. The van der Waals surface area contributed by atoms with E-state index >= 15 is 0 Å². The molecule has 2 heterocycles. The number of imidazole rings is 1. The summed E-state index contributed by atoms with van der Waals surface area (Å²) in [5.41, 5.74) is 1.59. The number of methoxy groups -OCH3 is 2. The van der Waals surface area contributed by atoms with E-state index in [2.05, 4.69) is 15.0 Å². The van der Waals surface area contributed by atoms with E-state index in [1.54, 1.807) is 39.0 Å². The number of hydrogen-bond acceptors (Lipinski definition) is 4. The summed E-state index contributed by atoms with van der Waals surface area (Å²) < 4.78 is 10.4. The van der Waals surface area contributed by atoms with Crippen molar-refractivity contribution in [2.75, 3.05) is 14.2 Å². The zero-order valence-corrected chi connectivity index (χ0v) is 8.52. The topological polar surface area (TPSA) is 60.0 Å². The van der Waals surface area contributed by atoms with Gasteiger partial charge in [0.2, 0.25) is 5.88 Å². The van der Waals surface area contributed by atoms with Crippen LogP contribution in [0.2, 0.25) is 0 Å². The van der Waals surface area contributed by atoms with Crippen molar-refractivity contribution in [1.82, 2.24) is 15.0 Å². The van der Waals surface area contributed by atoms with E-state index in [0.29, 0.717) is 11.6 Å². The maximum atomic E-state index is 5.24. The molecule has 0 radical (unpaired) electrons. The van der Waals surface area contributed by atoms with Crippen LogP contribution in [0.3, 0.4) is 0 Å². The molecular formula is C10H11N3O2. The second-order valence-corrected chi connectivity index (χ2v) is 2.86. The van der Waals surface area contributed by atoms with E-state index in [9.17, 15) is 0 Å². The molecule has 0 aliphatic heterocycles. The van der Waals surface area contributed by atoms with Crippen LogP contribution in [0.25, 0.3) is 11.3 Å². The average molecular weight is 205 g/mol. The van der Waals surface area contributed by atoms with Crippen LogP contribution < -0.4 is 9.47 Å². The Morgan fingerprint density at radius 1 is 1.27 bits per heavy atom. The van der Waals surface area contributed by atoms with Gasteiger partial charge in [0, 0.05) is 6.20 Å². The van der Waals surface area contributed by atoms with Crippen molar-refractivity contribution in [2.24, 2.45) is 0 Å². The van der Waals surface area contributed by atoms with Crippen LogP contribution in [0.5, 0.6) is 11.6 Å². The molecule has 2 aromatic heterocycles. The molecule has 2 aromatic rings. The standard InChI is InChI=1S/C10H11N3O2/c1-14-8-3-4-12-10(15-2)9(8)7-5-11-6-13-7/h3-6H,1-2H3,(H,11,13). The lowest BCUT2D eigenvalue weighted by atomic mass is 10.2. The number of aromatic nitrogens is 3. The predicted octanol–water partition coefficient (Wildman–Crippen LogP) is 1.49. The summed E-state index contributed by atoms with van der Waals surface area (Å²) in [7, 11) is 3.18. The molecule has 1 N–H and O–H groups in total. The van der Waals surface area contributed by atoms with Gasteiger partial charge in [0.15, 0.2) is 0 Å². The van der Waals surface area contributed by atoms with Crippen LogP contribution >= 0.6 is 0 Å². The minimum Gasteiger partial charge on any atom is -0.496 e. The largest absolute Gasteiger partial charge is 0.496 e. The van der Waals surface area contributed by atoms with Crippen molar-refractivity contribution in [3.8, 4) is 22.9 Å². The van der Waals surface area contributed by atoms with E-state index in [1.807, 2.05) is 0 Å². The lowest BCUT2D eigenvalue weighted by Gasteiger charge is -2.09. The summed E-state index contributed by atoms with van der Waals surface area (Å²) in [5, 5.41) is 0. The quantitative estimate of drug-likeness (QED) is 0.824. The molecule has 5 nitrogen and oxygen atoms in total. The molecule has 0 amide bonds. The summed E-state index contributed by atoms with van der Waals surface area (Å²) in [4.78, 5) is 11.1. The van der Waals surface area contributed by atoms with Gasteiger partial charge in [-0.05, 0) is 6.07 Å². The van der Waals surface area contributed by atoms with Crippen LogP contribution in [-0.2, 0) is 0 Å². The van der Waals surface area contributed by atoms with E-state index < -0.39 is 0 Å². The van der Waals surface area contributed by atoms with Crippen molar-refractivity contribution in [2.45, 2.75) is 0 Å². The Balaban J connectivity index is 2.61. The highest BCUT2D eigenvalue weighted by Gasteiger charge is 2.14. The van der Waals surface area contributed by atoms with E-state index in [4.69, 9.17) is 9.47 Å². The van der Waals surface area contributed by atoms with Crippen molar-refractivity contribution in [1.29, 1.82) is 0 Å². The Morgan fingerprint density at radius 2 is 2.13 bits per heavy atom. The molecule has 0 fully saturated rings. The molecule has 0 aliphatic carbocycles. The highest BCUT2D eigenvalue weighted by Crippen LogP contribution is 2.34. The normalized spacial score (nSPS) is 10.0. The van der Waals surface area contributed by atoms with Crippen LogP contribution in [0.1, 0.15) is 0 Å². The van der Waals surface area contributed by atoms with Gasteiger partial charge in [0.05, 0.1) is 32.4 Å². The number of nitrogens with one attached hydrogen (secondary N) is 1. The van der Waals surface area contributed by atoms with Gasteiger partial charge in [-0.15, -0.1) is 0 Å². The number of H-pyrrole nitrogens is 1. The maximum absolute atomic E-state index is 5.24. The van der Waals surface area contributed by atoms with Crippen molar-refractivity contribution >= 4 is 0 Å². The van der Waals surface area contributed by atoms with E-state index in [1.165, 1.54) is 0 Å². The molecule has 0 aromatic carbocycles. The SMILES string of the molecule is COc1ccnc(OC)c1-c1cnc[nH]1. The summed E-state index contributed by atoms with van der Waals surface area (Å²) in [5.74, 6) is 1.21.